The molecule has 6 nitrogen and oxygen atoms in total. The van der Waals surface area contributed by atoms with Gasteiger partial charge in [0.25, 0.3) is 11.8 Å². The van der Waals surface area contributed by atoms with Crippen LogP contribution >= 0.6 is 0 Å². The normalized spacial score (nSPS) is 9.81. The minimum Gasteiger partial charge on any atom is -0.321 e. The number of carbonyl (C=O) groups is 2. The maximum Gasteiger partial charge on any atom is 0.274 e. The van der Waals surface area contributed by atoms with Crippen molar-refractivity contribution in [3.05, 3.63) is 89.7 Å². The van der Waals surface area contributed by atoms with Crippen LogP contribution < -0.4 is 10.6 Å². The molecule has 26 heavy (non-hydrogen) atoms. The largest absolute Gasteiger partial charge is 0.321 e. The molecule has 0 radical (unpaired) electrons. The maximum atomic E-state index is 12.4. The fourth-order valence-electron chi connectivity index (χ4n) is 2.30. The molecule has 0 spiro atoms. The lowest BCUT2D eigenvalue weighted by Gasteiger charge is -2.08. The molecule has 1 heterocycles. The third kappa shape index (κ3) is 3.91. The van der Waals surface area contributed by atoms with Crippen LogP contribution in [0.15, 0.2) is 72.9 Å². The molecule has 0 aliphatic heterocycles. The van der Waals surface area contributed by atoms with Crippen molar-refractivity contribution in [1.82, 2.24) is 4.98 Å². The molecule has 3 aromatic rings. The molecule has 0 bridgehead atoms. The maximum absolute atomic E-state index is 12.4. The third-order valence-corrected chi connectivity index (χ3v) is 3.58. The summed E-state index contributed by atoms with van der Waals surface area (Å²) in [7, 11) is 0. The quantitative estimate of drug-likeness (QED) is 0.759. The number of pyridine rings is 1. The number of nitrogens with one attached hydrogen (secondary N) is 2. The fraction of sp³-hybridized carbons (Fsp3) is 0. The molecular weight excluding hydrogens is 328 g/mol. The van der Waals surface area contributed by atoms with Gasteiger partial charge < -0.3 is 10.6 Å². The minimum absolute atomic E-state index is 0.120. The zero-order chi connectivity index (χ0) is 18.4. The van der Waals surface area contributed by atoms with E-state index < -0.39 is 11.8 Å². The zero-order valence-electron chi connectivity index (χ0n) is 13.6. The van der Waals surface area contributed by atoms with Crippen LogP contribution in [0.5, 0.6) is 0 Å². The Balaban J connectivity index is 1.77. The topological polar surface area (TPSA) is 94.9 Å². The average molecular weight is 342 g/mol. The molecule has 0 aliphatic rings. The Hall–Kier alpha value is -3.98. The molecule has 6 heteroatoms. The van der Waals surface area contributed by atoms with E-state index in [0.29, 0.717) is 16.9 Å². The number of carbonyl (C=O) groups excluding carboxylic acids is 2. The lowest BCUT2D eigenvalue weighted by atomic mass is 10.1. The van der Waals surface area contributed by atoms with E-state index in [-0.39, 0.29) is 11.3 Å². The molecular formula is C20H14N4O2. The van der Waals surface area contributed by atoms with Crippen LogP contribution in [0.25, 0.3) is 0 Å². The number of nitrogens with zero attached hydrogens (tertiary/aromatic N) is 2. The fourth-order valence-corrected chi connectivity index (χ4v) is 2.30. The predicted octanol–water partition coefficient (Wildman–Crippen LogP) is 3.46. The Morgan fingerprint density at radius 2 is 1.62 bits per heavy atom. The minimum atomic E-state index is -0.427. The Labute approximate surface area is 150 Å². The van der Waals surface area contributed by atoms with E-state index in [1.807, 2.05) is 12.1 Å². The molecule has 3 rings (SSSR count). The molecule has 2 amide bonds. The van der Waals surface area contributed by atoms with Crippen molar-refractivity contribution in [2.45, 2.75) is 0 Å². The molecule has 0 saturated heterocycles. The molecule has 0 fully saturated rings. The van der Waals surface area contributed by atoms with Crippen LogP contribution in [0.3, 0.4) is 0 Å². The molecule has 0 unspecified atom stereocenters. The van der Waals surface area contributed by atoms with Crippen LogP contribution in [0.4, 0.5) is 11.4 Å². The van der Waals surface area contributed by atoms with Gasteiger partial charge in [-0.25, -0.2) is 0 Å². The highest BCUT2D eigenvalue weighted by molar-refractivity contribution is 6.08. The Kier molecular flexibility index (Phi) is 5.01. The monoisotopic (exact) mass is 342 g/mol. The van der Waals surface area contributed by atoms with E-state index in [0.717, 1.165) is 0 Å². The Morgan fingerprint density at radius 3 is 2.38 bits per heavy atom. The average Bonchev–Trinajstić information content (AvgIpc) is 2.69. The summed E-state index contributed by atoms with van der Waals surface area (Å²) in [6.45, 7) is 0. The van der Waals surface area contributed by atoms with E-state index in [2.05, 4.69) is 15.6 Å². The van der Waals surface area contributed by atoms with Gasteiger partial charge in [-0.2, -0.15) is 5.26 Å². The summed E-state index contributed by atoms with van der Waals surface area (Å²) in [6, 6.07) is 20.6. The highest BCUT2D eigenvalue weighted by Crippen LogP contribution is 2.15. The van der Waals surface area contributed by atoms with Crippen molar-refractivity contribution in [3.63, 3.8) is 0 Å². The summed E-state index contributed by atoms with van der Waals surface area (Å²) in [4.78, 5) is 28.7. The standard InChI is InChI=1S/C20H14N4O2/c21-13-15-6-4-5-9-17(15)24-19(25)14-10-11-22-18(12-14)20(26)23-16-7-2-1-3-8-16/h1-12H,(H,23,26)(H,24,25). The van der Waals surface area contributed by atoms with Crippen molar-refractivity contribution in [1.29, 1.82) is 5.26 Å². The van der Waals surface area contributed by atoms with Gasteiger partial charge in [-0.05, 0) is 36.4 Å². The van der Waals surface area contributed by atoms with Crippen LogP contribution in [-0.4, -0.2) is 16.8 Å². The van der Waals surface area contributed by atoms with E-state index in [1.165, 1.54) is 18.3 Å². The van der Waals surface area contributed by atoms with Crippen molar-refractivity contribution < 1.29 is 9.59 Å². The van der Waals surface area contributed by atoms with Crippen LogP contribution in [0.1, 0.15) is 26.4 Å². The van der Waals surface area contributed by atoms with Crippen molar-refractivity contribution in [2.24, 2.45) is 0 Å². The second kappa shape index (κ2) is 7.73. The number of hydrogen-bond donors (Lipinski definition) is 2. The van der Waals surface area contributed by atoms with Crippen molar-refractivity contribution in [3.8, 4) is 6.07 Å². The molecule has 2 aromatic carbocycles. The van der Waals surface area contributed by atoms with Gasteiger partial charge in [0.2, 0.25) is 0 Å². The van der Waals surface area contributed by atoms with Crippen LogP contribution in [-0.2, 0) is 0 Å². The molecule has 1 aromatic heterocycles. The summed E-state index contributed by atoms with van der Waals surface area (Å²) in [6.07, 6.45) is 1.39. The second-order valence-corrected chi connectivity index (χ2v) is 5.36. The first kappa shape index (κ1) is 16.9. The molecule has 0 atom stereocenters. The number of anilines is 2. The molecule has 126 valence electrons. The van der Waals surface area contributed by atoms with E-state index in [9.17, 15) is 9.59 Å². The zero-order valence-corrected chi connectivity index (χ0v) is 13.6. The van der Waals surface area contributed by atoms with Gasteiger partial charge in [0, 0.05) is 17.4 Å². The van der Waals surface area contributed by atoms with Crippen LogP contribution in [0.2, 0.25) is 0 Å². The SMILES string of the molecule is N#Cc1ccccc1NC(=O)c1ccnc(C(=O)Nc2ccccc2)c1. The van der Waals surface area contributed by atoms with Gasteiger partial charge in [0.1, 0.15) is 11.8 Å². The number of para-hydroxylation sites is 2. The Morgan fingerprint density at radius 1 is 0.885 bits per heavy atom. The smallest absolute Gasteiger partial charge is 0.274 e. The second-order valence-electron chi connectivity index (χ2n) is 5.36. The van der Waals surface area contributed by atoms with Crippen LogP contribution in [0, 0.1) is 11.3 Å². The molecule has 0 saturated carbocycles. The first-order valence-electron chi connectivity index (χ1n) is 7.80. The van der Waals surface area contributed by atoms with E-state index in [1.54, 1.807) is 48.5 Å². The summed E-state index contributed by atoms with van der Waals surface area (Å²) in [5.41, 5.74) is 1.79. The first-order chi connectivity index (χ1) is 12.7. The van der Waals surface area contributed by atoms with E-state index in [4.69, 9.17) is 5.26 Å². The first-order valence-corrected chi connectivity index (χ1v) is 7.80. The Bertz CT molecular complexity index is 994. The lowest BCUT2D eigenvalue weighted by Crippen LogP contribution is -2.17. The van der Waals surface area contributed by atoms with Gasteiger partial charge in [-0.15, -0.1) is 0 Å². The van der Waals surface area contributed by atoms with Gasteiger partial charge >= 0.3 is 0 Å². The summed E-state index contributed by atoms with van der Waals surface area (Å²) >= 11 is 0. The highest BCUT2D eigenvalue weighted by Gasteiger charge is 2.13. The third-order valence-electron chi connectivity index (χ3n) is 3.58. The highest BCUT2D eigenvalue weighted by atomic mass is 16.2. The summed E-state index contributed by atoms with van der Waals surface area (Å²) in [5, 5.41) is 14.5. The summed E-state index contributed by atoms with van der Waals surface area (Å²) in [5.74, 6) is -0.841. The van der Waals surface area contributed by atoms with Gasteiger partial charge in [0.05, 0.1) is 11.3 Å². The predicted molar refractivity (Wildman–Crippen MR) is 97.7 cm³/mol. The van der Waals surface area contributed by atoms with Crippen molar-refractivity contribution in [2.75, 3.05) is 10.6 Å². The number of amides is 2. The number of hydrogen-bond acceptors (Lipinski definition) is 4. The van der Waals surface area contributed by atoms with Gasteiger partial charge in [-0.3, -0.25) is 14.6 Å². The summed E-state index contributed by atoms with van der Waals surface area (Å²) < 4.78 is 0. The van der Waals surface area contributed by atoms with Crippen molar-refractivity contribution >= 4 is 23.2 Å². The number of nitriles is 1. The molecule has 0 aliphatic carbocycles. The molecule has 2 N–H and O–H groups in total. The number of benzene rings is 2. The van der Waals surface area contributed by atoms with Gasteiger partial charge in [-0.1, -0.05) is 30.3 Å². The number of rotatable bonds is 4. The van der Waals surface area contributed by atoms with E-state index >= 15 is 0 Å². The lowest BCUT2D eigenvalue weighted by molar-refractivity contribution is 0.102. The van der Waals surface area contributed by atoms with Gasteiger partial charge in [0.15, 0.2) is 0 Å². The number of aromatic nitrogens is 1.